The second-order valence-corrected chi connectivity index (χ2v) is 9.84. The van der Waals surface area contributed by atoms with Crippen LogP contribution in [0.1, 0.15) is 23.1 Å². The van der Waals surface area contributed by atoms with Gasteiger partial charge in [-0.25, -0.2) is 9.59 Å². The SMILES string of the molecule is COc1cc(OC)cc(-c2nn(-c3cc(N4CCN(C(=O)OC(N)=O)CC4)ccc3C(F)(F)F)c(=O)c3c2CCC3)c1. The van der Waals surface area contributed by atoms with Crippen molar-refractivity contribution in [2.24, 2.45) is 5.73 Å². The van der Waals surface area contributed by atoms with Crippen molar-refractivity contribution in [3.63, 3.8) is 0 Å². The number of carbonyl (C=O) groups excluding carboxylic acids is 2. The van der Waals surface area contributed by atoms with Crippen LogP contribution in [0.4, 0.5) is 28.4 Å². The van der Waals surface area contributed by atoms with Crippen molar-refractivity contribution in [1.82, 2.24) is 14.7 Å². The number of anilines is 1. The standard InChI is InChI=1S/C28H28F3N5O6/c1-40-18-12-16(13-19(15-18)41-2)24-20-4-3-5-21(20)25(37)36(33-24)23-14-17(6-7-22(23)28(29,30)31)34-8-10-35(11-9-34)27(39)42-26(32)38/h6-7,12-15H,3-5,8-11H2,1-2H3,(H2,32,38). The topological polar surface area (TPSA) is 129 Å². The van der Waals surface area contributed by atoms with E-state index in [0.29, 0.717) is 58.8 Å². The third kappa shape index (κ3) is 5.56. The van der Waals surface area contributed by atoms with E-state index < -0.39 is 35.2 Å². The zero-order valence-corrected chi connectivity index (χ0v) is 22.9. The fourth-order valence-electron chi connectivity index (χ4n) is 5.34. The van der Waals surface area contributed by atoms with Gasteiger partial charge in [0.05, 0.1) is 31.2 Å². The molecule has 222 valence electrons. The molecule has 2 aromatic carbocycles. The zero-order chi connectivity index (χ0) is 30.2. The van der Waals surface area contributed by atoms with Gasteiger partial charge in [0.15, 0.2) is 0 Å². The van der Waals surface area contributed by atoms with Gasteiger partial charge in [0, 0.05) is 49.1 Å². The lowest BCUT2D eigenvalue weighted by molar-refractivity contribution is -0.137. The molecule has 2 aliphatic rings. The summed E-state index contributed by atoms with van der Waals surface area (Å²) in [4.78, 5) is 39.6. The lowest BCUT2D eigenvalue weighted by Crippen LogP contribution is -2.49. The van der Waals surface area contributed by atoms with Gasteiger partial charge in [0.2, 0.25) is 0 Å². The minimum Gasteiger partial charge on any atom is -0.497 e. The van der Waals surface area contributed by atoms with Crippen LogP contribution in [0.3, 0.4) is 0 Å². The molecule has 1 fully saturated rings. The number of halogens is 3. The van der Waals surface area contributed by atoms with Gasteiger partial charge >= 0.3 is 18.4 Å². The Kier molecular flexibility index (Phi) is 7.71. The average Bonchev–Trinajstić information content (AvgIpc) is 3.47. The van der Waals surface area contributed by atoms with E-state index in [-0.39, 0.29) is 26.2 Å². The Morgan fingerprint density at radius 2 is 1.57 bits per heavy atom. The number of aromatic nitrogens is 2. The van der Waals surface area contributed by atoms with E-state index in [1.807, 2.05) is 0 Å². The van der Waals surface area contributed by atoms with E-state index in [2.05, 4.69) is 9.84 Å². The molecule has 5 rings (SSSR count). The van der Waals surface area contributed by atoms with Crippen LogP contribution >= 0.6 is 0 Å². The van der Waals surface area contributed by atoms with Crippen molar-refractivity contribution in [3.05, 3.63) is 63.4 Å². The van der Waals surface area contributed by atoms with Gasteiger partial charge < -0.3 is 29.7 Å². The molecule has 3 aromatic rings. The van der Waals surface area contributed by atoms with Crippen LogP contribution in [0.5, 0.6) is 11.5 Å². The Bertz CT molecular complexity index is 1580. The Balaban J connectivity index is 1.60. The van der Waals surface area contributed by atoms with Gasteiger partial charge in [-0.15, -0.1) is 0 Å². The molecule has 2 N–H and O–H groups in total. The van der Waals surface area contributed by atoms with E-state index >= 15 is 0 Å². The number of carbonyl (C=O) groups is 2. The van der Waals surface area contributed by atoms with Gasteiger partial charge in [-0.2, -0.15) is 23.0 Å². The lowest BCUT2D eigenvalue weighted by atomic mass is 10.0. The molecule has 0 atom stereocenters. The predicted molar refractivity (Wildman–Crippen MR) is 145 cm³/mol. The van der Waals surface area contributed by atoms with Crippen molar-refractivity contribution in [1.29, 1.82) is 0 Å². The number of rotatable bonds is 5. The number of benzene rings is 2. The second kappa shape index (κ2) is 11.3. The maximum absolute atomic E-state index is 14.3. The number of ether oxygens (including phenoxy) is 3. The van der Waals surface area contributed by atoms with E-state index in [9.17, 15) is 27.6 Å². The molecular weight excluding hydrogens is 559 g/mol. The van der Waals surface area contributed by atoms with Crippen molar-refractivity contribution in [2.75, 3.05) is 45.3 Å². The molecule has 0 saturated carbocycles. The maximum atomic E-state index is 14.3. The summed E-state index contributed by atoms with van der Waals surface area (Å²) >= 11 is 0. The van der Waals surface area contributed by atoms with Crippen LogP contribution in [0, 0.1) is 0 Å². The van der Waals surface area contributed by atoms with E-state index in [4.69, 9.17) is 15.2 Å². The monoisotopic (exact) mass is 587 g/mol. The maximum Gasteiger partial charge on any atom is 0.418 e. The van der Waals surface area contributed by atoms with Gasteiger partial charge in [-0.3, -0.25) is 4.79 Å². The lowest BCUT2D eigenvalue weighted by Gasteiger charge is -2.35. The highest BCUT2D eigenvalue weighted by molar-refractivity contribution is 5.82. The molecular formula is C28H28F3N5O6. The number of nitrogens with two attached hydrogens (primary N) is 1. The average molecular weight is 588 g/mol. The number of hydrogen-bond acceptors (Lipinski definition) is 8. The van der Waals surface area contributed by atoms with Gasteiger partial charge in [0.25, 0.3) is 5.56 Å². The highest BCUT2D eigenvalue weighted by atomic mass is 19.4. The number of nitrogens with zero attached hydrogens (tertiary/aromatic N) is 4. The molecule has 1 saturated heterocycles. The van der Waals surface area contributed by atoms with Gasteiger partial charge in [-0.05, 0) is 55.2 Å². The first-order valence-corrected chi connectivity index (χ1v) is 13.1. The molecule has 14 heteroatoms. The molecule has 2 amide bonds. The molecule has 2 heterocycles. The molecule has 0 unspecified atom stereocenters. The molecule has 1 aliphatic carbocycles. The normalized spacial score (nSPS) is 14.9. The summed E-state index contributed by atoms with van der Waals surface area (Å²) in [5.41, 5.74) is 5.30. The highest BCUT2D eigenvalue weighted by Gasteiger charge is 2.36. The fourth-order valence-corrected chi connectivity index (χ4v) is 5.34. The molecule has 0 radical (unpaired) electrons. The van der Waals surface area contributed by atoms with Crippen LogP contribution < -0.4 is 25.7 Å². The summed E-state index contributed by atoms with van der Waals surface area (Å²) in [6.45, 7) is 0.753. The minimum absolute atomic E-state index is 0.140. The minimum atomic E-state index is -4.77. The summed E-state index contributed by atoms with van der Waals surface area (Å²) in [5, 5.41) is 4.52. The van der Waals surface area contributed by atoms with Crippen LogP contribution in [-0.2, 0) is 23.8 Å². The fraction of sp³-hybridized carbons (Fsp3) is 0.357. The van der Waals surface area contributed by atoms with Crippen LogP contribution in [0.25, 0.3) is 16.9 Å². The first kappa shape index (κ1) is 28.8. The smallest absolute Gasteiger partial charge is 0.418 e. The molecule has 0 spiro atoms. The van der Waals surface area contributed by atoms with Crippen molar-refractivity contribution in [2.45, 2.75) is 25.4 Å². The molecule has 0 bridgehead atoms. The number of primary amides is 1. The number of hydrogen-bond donors (Lipinski definition) is 1. The first-order chi connectivity index (χ1) is 20.0. The van der Waals surface area contributed by atoms with Gasteiger partial charge in [-0.1, -0.05) is 0 Å². The number of methoxy groups -OCH3 is 2. The Morgan fingerprint density at radius 1 is 0.929 bits per heavy atom. The number of piperazine rings is 1. The Labute approximate surface area is 238 Å². The molecule has 42 heavy (non-hydrogen) atoms. The van der Waals surface area contributed by atoms with Crippen LogP contribution in [0.2, 0.25) is 0 Å². The van der Waals surface area contributed by atoms with E-state index in [1.54, 1.807) is 23.1 Å². The van der Waals surface area contributed by atoms with Crippen LogP contribution in [0.15, 0.2) is 41.2 Å². The Hall–Kier alpha value is -4.75. The second-order valence-electron chi connectivity index (χ2n) is 9.84. The first-order valence-electron chi connectivity index (χ1n) is 13.1. The van der Waals surface area contributed by atoms with Crippen LogP contribution in [-0.4, -0.2) is 67.3 Å². The largest absolute Gasteiger partial charge is 0.497 e. The third-order valence-electron chi connectivity index (χ3n) is 7.38. The number of amides is 2. The predicted octanol–water partition coefficient (Wildman–Crippen LogP) is 3.76. The van der Waals surface area contributed by atoms with Crippen molar-refractivity contribution in [3.8, 4) is 28.4 Å². The third-order valence-corrected chi connectivity index (χ3v) is 7.38. The quantitative estimate of drug-likeness (QED) is 0.447. The summed E-state index contributed by atoms with van der Waals surface area (Å²) in [5.74, 6) is 0.931. The number of alkyl halides is 3. The van der Waals surface area contributed by atoms with E-state index in [1.165, 1.54) is 31.3 Å². The molecule has 11 nitrogen and oxygen atoms in total. The molecule has 1 aromatic heterocycles. The number of fused-ring (bicyclic) bond motifs is 1. The summed E-state index contributed by atoms with van der Waals surface area (Å²) < 4.78 is 58.9. The Morgan fingerprint density at radius 3 is 2.17 bits per heavy atom. The summed E-state index contributed by atoms with van der Waals surface area (Å²) in [6.07, 6.45) is -5.26. The van der Waals surface area contributed by atoms with E-state index in [0.717, 1.165) is 10.7 Å². The summed E-state index contributed by atoms with van der Waals surface area (Å²) in [7, 11) is 2.97. The molecule has 1 aliphatic heterocycles. The van der Waals surface area contributed by atoms with Crippen molar-refractivity contribution >= 4 is 17.9 Å². The van der Waals surface area contributed by atoms with Gasteiger partial charge in [0.1, 0.15) is 11.5 Å². The van der Waals surface area contributed by atoms with Crippen molar-refractivity contribution < 1.29 is 37.0 Å². The summed E-state index contributed by atoms with van der Waals surface area (Å²) in [6, 6.07) is 8.58. The zero-order valence-electron chi connectivity index (χ0n) is 22.9. The highest BCUT2D eigenvalue weighted by Crippen LogP contribution is 2.38.